The van der Waals surface area contributed by atoms with Gasteiger partial charge in [-0.25, -0.2) is 4.79 Å². The number of nitrogens with one attached hydrogen (secondary N) is 1. The van der Waals surface area contributed by atoms with E-state index in [2.05, 4.69) is 5.32 Å². The van der Waals surface area contributed by atoms with Gasteiger partial charge in [-0.05, 0) is 39.0 Å². The Morgan fingerprint density at radius 3 is 2.55 bits per heavy atom. The van der Waals surface area contributed by atoms with Crippen molar-refractivity contribution in [2.24, 2.45) is 0 Å². The predicted octanol–water partition coefficient (Wildman–Crippen LogP) is 3.36. The number of carbonyl (C=O) groups is 1. The molecule has 0 aliphatic carbocycles. The van der Waals surface area contributed by atoms with Gasteiger partial charge in [-0.1, -0.05) is 11.6 Å². The first-order valence-electron chi connectivity index (χ1n) is 7.00. The highest BCUT2D eigenvalue weighted by molar-refractivity contribution is 7.84. The van der Waals surface area contributed by atoms with E-state index in [1.54, 1.807) is 31.5 Å². The van der Waals surface area contributed by atoms with E-state index in [0.717, 1.165) is 0 Å². The number of nitrogens with zero attached hydrogens (tertiary/aromatic N) is 1. The van der Waals surface area contributed by atoms with Crippen LogP contribution < -0.4 is 10.1 Å². The van der Waals surface area contributed by atoms with Crippen LogP contribution in [0.4, 0.5) is 10.5 Å². The van der Waals surface area contributed by atoms with Crippen molar-refractivity contribution in [1.82, 2.24) is 4.90 Å². The Hall–Kier alpha value is -1.27. The third-order valence-corrected chi connectivity index (χ3v) is 4.25. The summed E-state index contributed by atoms with van der Waals surface area (Å²) in [7, 11) is 0.720. The van der Waals surface area contributed by atoms with Gasteiger partial charge in [0.05, 0.1) is 11.1 Å². The number of amides is 2. The molecule has 0 saturated carbocycles. The van der Waals surface area contributed by atoms with E-state index in [1.807, 2.05) is 20.8 Å². The Bertz CT molecular complexity index is 552. The molecular formula is C15H23ClN2O3S. The molecule has 0 aromatic heterocycles. The van der Waals surface area contributed by atoms with Crippen molar-refractivity contribution < 1.29 is 13.7 Å². The molecule has 0 aliphatic heterocycles. The van der Waals surface area contributed by atoms with Gasteiger partial charge in [-0.2, -0.15) is 0 Å². The fraction of sp³-hybridized carbons (Fsp3) is 0.533. The number of benzene rings is 1. The summed E-state index contributed by atoms with van der Waals surface area (Å²) in [5, 5.41) is 3.21. The van der Waals surface area contributed by atoms with Gasteiger partial charge < -0.3 is 15.0 Å². The smallest absolute Gasteiger partial charge is 0.321 e. The second kappa shape index (κ2) is 8.39. The molecule has 2 amide bonds. The molecule has 1 aromatic carbocycles. The molecule has 0 aliphatic rings. The fourth-order valence-corrected chi connectivity index (χ4v) is 2.92. The van der Waals surface area contributed by atoms with E-state index in [0.29, 0.717) is 22.2 Å². The minimum atomic E-state index is -0.951. The second-order valence-electron chi connectivity index (χ2n) is 5.44. The average molecular weight is 347 g/mol. The van der Waals surface area contributed by atoms with Crippen LogP contribution >= 0.6 is 11.6 Å². The van der Waals surface area contributed by atoms with E-state index in [1.165, 1.54) is 4.90 Å². The van der Waals surface area contributed by atoms with E-state index in [-0.39, 0.29) is 18.2 Å². The van der Waals surface area contributed by atoms with Crippen LogP contribution in [0.15, 0.2) is 18.2 Å². The molecule has 5 nitrogen and oxygen atoms in total. The van der Waals surface area contributed by atoms with Crippen LogP contribution in [0.3, 0.4) is 0 Å². The average Bonchev–Trinajstić information content (AvgIpc) is 2.39. The van der Waals surface area contributed by atoms with Crippen LogP contribution in [0.1, 0.15) is 20.8 Å². The highest BCUT2D eigenvalue weighted by atomic mass is 35.5. The summed E-state index contributed by atoms with van der Waals surface area (Å²) in [6.45, 7) is 5.69. The number of hydrogen-bond donors (Lipinski definition) is 1. The quantitative estimate of drug-likeness (QED) is 0.859. The molecule has 2 atom stereocenters. The lowest BCUT2D eigenvalue weighted by molar-refractivity contribution is 0.212. The van der Waals surface area contributed by atoms with Gasteiger partial charge in [0.15, 0.2) is 0 Å². The Balaban J connectivity index is 2.72. The van der Waals surface area contributed by atoms with Crippen LogP contribution in [0.2, 0.25) is 5.02 Å². The molecule has 0 heterocycles. The molecule has 0 spiro atoms. The van der Waals surface area contributed by atoms with E-state index >= 15 is 0 Å². The molecule has 0 bridgehead atoms. The zero-order valence-electron chi connectivity index (χ0n) is 13.6. The van der Waals surface area contributed by atoms with Gasteiger partial charge in [0.1, 0.15) is 5.75 Å². The summed E-state index contributed by atoms with van der Waals surface area (Å²) in [5.74, 6) is 1.02. The number of rotatable bonds is 6. The van der Waals surface area contributed by atoms with Gasteiger partial charge in [0.2, 0.25) is 0 Å². The minimum Gasteiger partial charge on any atom is -0.489 e. The summed E-state index contributed by atoms with van der Waals surface area (Å²) in [5.41, 5.74) is 0.586. The summed E-state index contributed by atoms with van der Waals surface area (Å²) >= 11 is 6.14. The Morgan fingerprint density at radius 1 is 1.41 bits per heavy atom. The number of anilines is 1. The van der Waals surface area contributed by atoms with Crippen molar-refractivity contribution >= 4 is 34.1 Å². The molecule has 1 aromatic rings. The molecule has 0 saturated heterocycles. The van der Waals surface area contributed by atoms with Crippen LogP contribution in [-0.4, -0.2) is 46.3 Å². The normalized spacial score (nSPS) is 13.6. The van der Waals surface area contributed by atoms with Crippen LogP contribution in [-0.2, 0) is 10.8 Å². The van der Waals surface area contributed by atoms with E-state index in [9.17, 15) is 9.00 Å². The summed E-state index contributed by atoms with van der Waals surface area (Å²) in [6.07, 6.45) is 1.65. The maximum Gasteiger partial charge on any atom is 0.321 e. The fourth-order valence-electron chi connectivity index (χ4n) is 1.79. The Labute approximate surface area is 139 Å². The highest BCUT2D eigenvalue weighted by Gasteiger charge is 2.17. The van der Waals surface area contributed by atoms with Crippen molar-refractivity contribution in [3.8, 4) is 5.75 Å². The molecule has 0 radical (unpaired) electrons. The first-order valence-corrected chi connectivity index (χ1v) is 9.11. The first kappa shape index (κ1) is 18.8. The SMILES string of the molecule is CC(C)Oc1ccc(NC(=O)N(C)[C@@H](C)C[S@](C)=O)cc1Cl. The summed E-state index contributed by atoms with van der Waals surface area (Å²) < 4.78 is 16.8. The Morgan fingerprint density at radius 2 is 2.05 bits per heavy atom. The summed E-state index contributed by atoms with van der Waals surface area (Å²) in [4.78, 5) is 13.7. The minimum absolute atomic E-state index is 0.0276. The predicted molar refractivity (Wildman–Crippen MR) is 92.4 cm³/mol. The maximum absolute atomic E-state index is 12.2. The number of ether oxygens (including phenoxy) is 1. The molecular weight excluding hydrogens is 324 g/mol. The zero-order valence-corrected chi connectivity index (χ0v) is 15.1. The largest absolute Gasteiger partial charge is 0.489 e. The van der Waals surface area contributed by atoms with E-state index in [4.69, 9.17) is 16.3 Å². The molecule has 1 N–H and O–H groups in total. The lowest BCUT2D eigenvalue weighted by atomic mass is 10.3. The molecule has 0 unspecified atom stereocenters. The number of halogens is 1. The molecule has 22 heavy (non-hydrogen) atoms. The van der Waals surface area contributed by atoms with Crippen LogP contribution in [0, 0.1) is 0 Å². The van der Waals surface area contributed by atoms with Crippen molar-refractivity contribution in [2.75, 3.05) is 24.4 Å². The zero-order chi connectivity index (χ0) is 16.9. The third-order valence-electron chi connectivity index (χ3n) is 3.00. The molecule has 1 rings (SSSR count). The molecule has 0 fully saturated rings. The van der Waals surface area contributed by atoms with Gasteiger partial charge in [0.25, 0.3) is 0 Å². The van der Waals surface area contributed by atoms with Crippen LogP contribution in [0.5, 0.6) is 5.75 Å². The number of urea groups is 1. The second-order valence-corrected chi connectivity index (χ2v) is 7.33. The van der Waals surface area contributed by atoms with Crippen molar-refractivity contribution in [1.29, 1.82) is 0 Å². The van der Waals surface area contributed by atoms with Crippen molar-refractivity contribution in [2.45, 2.75) is 32.9 Å². The summed E-state index contributed by atoms with van der Waals surface area (Å²) in [6, 6.07) is 4.71. The monoisotopic (exact) mass is 346 g/mol. The van der Waals surface area contributed by atoms with Gasteiger partial charge in [-0.3, -0.25) is 4.21 Å². The lowest BCUT2D eigenvalue weighted by Crippen LogP contribution is -2.40. The van der Waals surface area contributed by atoms with E-state index < -0.39 is 10.8 Å². The van der Waals surface area contributed by atoms with Gasteiger partial charge in [0, 0.05) is 41.6 Å². The van der Waals surface area contributed by atoms with Gasteiger partial charge >= 0.3 is 6.03 Å². The first-order chi connectivity index (χ1) is 10.2. The van der Waals surface area contributed by atoms with Gasteiger partial charge in [-0.15, -0.1) is 0 Å². The third kappa shape index (κ3) is 5.85. The van der Waals surface area contributed by atoms with Crippen molar-refractivity contribution in [3.63, 3.8) is 0 Å². The molecule has 7 heteroatoms. The standard InChI is InChI=1S/C15H23ClN2O3S/c1-10(2)21-14-7-6-12(8-13(14)16)17-15(19)18(4)11(3)9-22(5)20/h6-8,10-11H,9H2,1-5H3,(H,17,19)/t11-,22-/m0/s1. The topological polar surface area (TPSA) is 58.6 Å². The number of hydrogen-bond acceptors (Lipinski definition) is 3. The highest BCUT2D eigenvalue weighted by Crippen LogP contribution is 2.28. The van der Waals surface area contributed by atoms with Crippen molar-refractivity contribution in [3.05, 3.63) is 23.2 Å². The Kier molecular flexibility index (Phi) is 7.16. The lowest BCUT2D eigenvalue weighted by Gasteiger charge is -2.24. The van der Waals surface area contributed by atoms with Crippen LogP contribution in [0.25, 0.3) is 0 Å². The maximum atomic E-state index is 12.2. The molecule has 124 valence electrons. The number of carbonyl (C=O) groups excluding carboxylic acids is 1.